The van der Waals surface area contributed by atoms with Crippen LogP contribution in [0.1, 0.15) is 32.5 Å². The van der Waals surface area contributed by atoms with Crippen molar-refractivity contribution in [3.05, 3.63) is 65.0 Å². The summed E-state index contributed by atoms with van der Waals surface area (Å²) in [5.41, 5.74) is 3.38. The zero-order chi connectivity index (χ0) is 18.7. The first-order chi connectivity index (χ1) is 12.6. The van der Waals surface area contributed by atoms with Gasteiger partial charge in [0.1, 0.15) is 5.82 Å². The molecule has 3 aromatic rings. The molecule has 0 saturated carbocycles. The van der Waals surface area contributed by atoms with Gasteiger partial charge in [0.15, 0.2) is 0 Å². The number of aromatic nitrogens is 4. The van der Waals surface area contributed by atoms with Gasteiger partial charge in [-0.25, -0.2) is 4.98 Å². The number of aryl methyl sites for hydroxylation is 2. The first-order valence-electron chi connectivity index (χ1n) is 9.03. The van der Waals surface area contributed by atoms with Gasteiger partial charge in [-0.05, 0) is 37.5 Å². The van der Waals surface area contributed by atoms with Crippen LogP contribution in [0.25, 0.3) is 27.7 Å². The van der Waals surface area contributed by atoms with E-state index in [9.17, 15) is 4.79 Å². The third-order valence-corrected chi connectivity index (χ3v) is 4.31. The molecule has 0 radical (unpaired) electrons. The maximum absolute atomic E-state index is 13.3. The van der Waals surface area contributed by atoms with Crippen LogP contribution in [0.4, 0.5) is 0 Å². The molecule has 0 N–H and O–H groups in total. The summed E-state index contributed by atoms with van der Waals surface area (Å²) in [5, 5.41) is 4.86. The molecule has 0 amide bonds. The first kappa shape index (κ1) is 17.9. The molecule has 4 rings (SSSR count). The molecule has 0 saturated heterocycles. The van der Waals surface area contributed by atoms with Gasteiger partial charge in [-0.1, -0.05) is 38.1 Å². The van der Waals surface area contributed by atoms with Gasteiger partial charge in [-0.3, -0.25) is 14.0 Å². The molecule has 1 aromatic carbocycles. The van der Waals surface area contributed by atoms with Crippen LogP contribution in [0.2, 0.25) is 0 Å². The summed E-state index contributed by atoms with van der Waals surface area (Å²) >= 11 is 0. The van der Waals surface area contributed by atoms with Gasteiger partial charge in [-0.15, -0.1) is 0 Å². The Kier molecular flexibility index (Phi) is 5.16. The number of hydrogen-bond donors (Lipinski definition) is 0. The highest BCUT2D eigenvalue weighted by Gasteiger charge is 2.15. The largest absolute Gasteiger partial charge is 0.275 e. The average Bonchev–Trinajstić information content (AvgIpc) is 3.10. The molecule has 2 heterocycles. The van der Waals surface area contributed by atoms with E-state index in [1.807, 2.05) is 58.3 Å². The fourth-order valence-electron chi connectivity index (χ4n) is 3.21. The molecule has 0 aliphatic heterocycles. The monoisotopic (exact) mass is 348 g/mol. The Bertz CT molecular complexity index is 1050. The van der Waals surface area contributed by atoms with E-state index in [4.69, 9.17) is 0 Å². The Labute approximate surface area is 153 Å². The molecule has 26 heavy (non-hydrogen) atoms. The molecular weight excluding hydrogens is 324 g/mol. The molecule has 2 aromatic heterocycles. The maximum atomic E-state index is 13.3. The highest BCUT2D eigenvalue weighted by atomic mass is 16.1. The van der Waals surface area contributed by atoms with Crippen molar-refractivity contribution in [1.29, 1.82) is 0 Å². The zero-order valence-corrected chi connectivity index (χ0v) is 15.7. The molecule has 5 heteroatoms. The molecule has 0 spiro atoms. The normalized spacial score (nSPS) is 13.3. The predicted molar refractivity (Wildman–Crippen MR) is 107 cm³/mol. The summed E-state index contributed by atoms with van der Waals surface area (Å²) in [6, 6.07) is 5.77. The van der Waals surface area contributed by atoms with Gasteiger partial charge in [0.25, 0.3) is 5.56 Å². The van der Waals surface area contributed by atoms with Gasteiger partial charge in [0.2, 0.25) is 0 Å². The summed E-state index contributed by atoms with van der Waals surface area (Å²) < 4.78 is 3.44. The van der Waals surface area contributed by atoms with Crippen LogP contribution in [0.15, 0.2) is 53.6 Å². The summed E-state index contributed by atoms with van der Waals surface area (Å²) in [7, 11) is 1.87. The van der Waals surface area contributed by atoms with Gasteiger partial charge in [0.05, 0.1) is 17.1 Å². The quantitative estimate of drug-likeness (QED) is 0.693. The number of rotatable bonds is 2. The number of hydrogen-bond acceptors (Lipinski definition) is 3. The fourth-order valence-corrected chi connectivity index (χ4v) is 3.21. The molecule has 0 fully saturated rings. The van der Waals surface area contributed by atoms with E-state index >= 15 is 0 Å². The van der Waals surface area contributed by atoms with Crippen LogP contribution >= 0.6 is 0 Å². The van der Waals surface area contributed by atoms with Gasteiger partial charge in [0, 0.05) is 24.5 Å². The van der Waals surface area contributed by atoms with Crippen molar-refractivity contribution in [2.75, 3.05) is 0 Å². The predicted octanol–water partition coefficient (Wildman–Crippen LogP) is 4.32. The van der Waals surface area contributed by atoms with Crippen LogP contribution in [0, 0.1) is 6.92 Å². The van der Waals surface area contributed by atoms with E-state index in [1.165, 1.54) is 0 Å². The van der Waals surface area contributed by atoms with E-state index in [0.29, 0.717) is 11.2 Å². The smallest absolute Gasteiger partial charge is 0.266 e. The number of benzene rings is 1. The van der Waals surface area contributed by atoms with E-state index in [0.717, 1.165) is 35.2 Å². The second kappa shape index (κ2) is 7.52. The minimum Gasteiger partial charge on any atom is -0.275 e. The third kappa shape index (κ3) is 3.12. The third-order valence-electron chi connectivity index (χ3n) is 4.31. The Balaban J connectivity index is 0.000000948. The van der Waals surface area contributed by atoms with Crippen LogP contribution in [0.5, 0.6) is 0 Å². The van der Waals surface area contributed by atoms with Crippen molar-refractivity contribution in [2.24, 2.45) is 7.05 Å². The van der Waals surface area contributed by atoms with Crippen LogP contribution in [-0.2, 0) is 7.05 Å². The lowest BCUT2D eigenvalue weighted by atomic mass is 10.0. The van der Waals surface area contributed by atoms with Crippen LogP contribution in [0.3, 0.4) is 0 Å². The second-order valence-corrected chi connectivity index (χ2v) is 6.01. The lowest BCUT2D eigenvalue weighted by molar-refractivity contribution is 0.768. The fraction of sp³-hybridized carbons (Fsp3) is 0.286. The summed E-state index contributed by atoms with van der Waals surface area (Å²) in [6.07, 6.45) is 11.8. The van der Waals surface area contributed by atoms with Crippen LogP contribution in [-0.4, -0.2) is 19.3 Å². The Morgan fingerprint density at radius 3 is 2.62 bits per heavy atom. The standard InChI is InChI=1S/C19H18N4O.C2H6/c1-13-21-17-10-6-9-16(14-11-20-22(2)12-14)18(17)19(24)23(13)15-7-4-3-5-8-15;1-2/h4,6-12H,3,5H2,1-2H3;1-2H3. The minimum atomic E-state index is -0.0326. The molecule has 1 aliphatic carbocycles. The van der Waals surface area contributed by atoms with Gasteiger partial charge in [-0.2, -0.15) is 5.10 Å². The molecule has 0 atom stereocenters. The van der Waals surface area contributed by atoms with Gasteiger partial charge >= 0.3 is 0 Å². The highest BCUT2D eigenvalue weighted by Crippen LogP contribution is 2.26. The SMILES string of the molecule is CC.Cc1nc2cccc(-c3cnn(C)c3)c2c(=O)n1C1=CCCC=C1. The zero-order valence-electron chi connectivity index (χ0n) is 15.7. The Morgan fingerprint density at radius 1 is 1.15 bits per heavy atom. The minimum absolute atomic E-state index is 0.0326. The maximum Gasteiger partial charge on any atom is 0.266 e. The Hall–Kier alpha value is -2.95. The molecule has 1 aliphatic rings. The highest BCUT2D eigenvalue weighted by molar-refractivity contribution is 5.94. The molecule has 0 unspecified atom stereocenters. The van der Waals surface area contributed by atoms with Gasteiger partial charge < -0.3 is 0 Å². The summed E-state index contributed by atoms with van der Waals surface area (Å²) in [4.78, 5) is 17.9. The van der Waals surface area contributed by atoms with E-state index in [-0.39, 0.29) is 5.56 Å². The molecular formula is C21H24N4O. The van der Waals surface area contributed by atoms with E-state index in [1.54, 1.807) is 15.4 Å². The lowest BCUT2D eigenvalue weighted by Gasteiger charge is -2.15. The topological polar surface area (TPSA) is 52.7 Å². The van der Waals surface area contributed by atoms with E-state index < -0.39 is 0 Å². The average molecular weight is 348 g/mol. The first-order valence-corrected chi connectivity index (χ1v) is 9.03. The van der Waals surface area contributed by atoms with Crippen molar-refractivity contribution in [3.8, 4) is 11.1 Å². The number of allylic oxidation sites excluding steroid dienone is 4. The summed E-state index contributed by atoms with van der Waals surface area (Å²) in [5.74, 6) is 0.702. The second-order valence-electron chi connectivity index (χ2n) is 6.01. The Morgan fingerprint density at radius 2 is 1.96 bits per heavy atom. The number of fused-ring (bicyclic) bond motifs is 1. The van der Waals surface area contributed by atoms with E-state index in [2.05, 4.69) is 22.2 Å². The van der Waals surface area contributed by atoms with Crippen molar-refractivity contribution >= 4 is 16.6 Å². The van der Waals surface area contributed by atoms with Crippen molar-refractivity contribution in [3.63, 3.8) is 0 Å². The number of nitrogens with zero attached hydrogens (tertiary/aromatic N) is 4. The lowest BCUT2D eigenvalue weighted by Crippen LogP contribution is -2.23. The van der Waals surface area contributed by atoms with Crippen molar-refractivity contribution in [1.82, 2.24) is 19.3 Å². The molecule has 0 bridgehead atoms. The van der Waals surface area contributed by atoms with Crippen molar-refractivity contribution < 1.29 is 0 Å². The molecule has 134 valence electrons. The van der Waals surface area contributed by atoms with Crippen molar-refractivity contribution in [2.45, 2.75) is 33.6 Å². The van der Waals surface area contributed by atoms with Crippen LogP contribution < -0.4 is 5.56 Å². The molecule has 5 nitrogen and oxygen atoms in total. The summed E-state index contributed by atoms with van der Waals surface area (Å²) in [6.45, 7) is 5.88.